The summed E-state index contributed by atoms with van der Waals surface area (Å²) >= 11 is 6.18. The second kappa shape index (κ2) is 9.08. The first kappa shape index (κ1) is 18.8. The predicted molar refractivity (Wildman–Crippen MR) is 108 cm³/mol. The molecule has 1 saturated carbocycles. The molecule has 1 aliphatic heterocycles. The molecule has 1 aromatic rings. The van der Waals surface area contributed by atoms with Gasteiger partial charge in [-0.05, 0) is 43.4 Å². The van der Waals surface area contributed by atoms with Gasteiger partial charge in [0.15, 0.2) is 5.96 Å². The zero-order chi connectivity index (χ0) is 15.4. The Kier molecular flexibility index (Phi) is 7.43. The van der Waals surface area contributed by atoms with Crippen LogP contribution in [0.25, 0.3) is 0 Å². The molecule has 0 radical (unpaired) electrons. The molecule has 1 aromatic carbocycles. The van der Waals surface area contributed by atoms with Crippen molar-refractivity contribution in [3.63, 3.8) is 0 Å². The Bertz CT molecular complexity index is 533. The van der Waals surface area contributed by atoms with Gasteiger partial charge in [0.2, 0.25) is 0 Å². The molecule has 1 heterocycles. The van der Waals surface area contributed by atoms with E-state index in [-0.39, 0.29) is 24.0 Å². The lowest BCUT2D eigenvalue weighted by Crippen LogP contribution is -2.40. The zero-order valence-electron chi connectivity index (χ0n) is 13.6. The normalized spacial score (nSPS) is 21.8. The number of rotatable bonds is 5. The molecule has 2 aliphatic rings. The van der Waals surface area contributed by atoms with E-state index in [1.165, 1.54) is 32.4 Å². The minimum Gasteiger partial charge on any atom is -0.356 e. The van der Waals surface area contributed by atoms with Crippen molar-refractivity contribution in [3.8, 4) is 0 Å². The van der Waals surface area contributed by atoms with E-state index in [1.807, 2.05) is 31.3 Å². The molecule has 0 amide bonds. The van der Waals surface area contributed by atoms with Crippen LogP contribution in [-0.2, 0) is 6.54 Å². The number of guanidine groups is 1. The number of halogens is 2. The van der Waals surface area contributed by atoms with E-state index < -0.39 is 0 Å². The van der Waals surface area contributed by atoms with Crippen molar-refractivity contribution in [1.82, 2.24) is 15.5 Å². The molecule has 0 aromatic heterocycles. The fraction of sp³-hybridized carbons (Fsp3) is 0.588. The topological polar surface area (TPSA) is 39.7 Å². The van der Waals surface area contributed by atoms with Crippen molar-refractivity contribution in [3.05, 3.63) is 34.9 Å². The zero-order valence-corrected chi connectivity index (χ0v) is 16.7. The van der Waals surface area contributed by atoms with Crippen molar-refractivity contribution in [2.24, 2.45) is 10.9 Å². The highest BCUT2D eigenvalue weighted by molar-refractivity contribution is 14.0. The van der Waals surface area contributed by atoms with E-state index in [9.17, 15) is 0 Å². The molecular weight excluding hydrogens is 423 g/mol. The summed E-state index contributed by atoms with van der Waals surface area (Å²) < 4.78 is 0. The van der Waals surface area contributed by atoms with Crippen LogP contribution in [0.2, 0.25) is 5.02 Å². The highest BCUT2D eigenvalue weighted by Gasteiger charge is 2.34. The summed E-state index contributed by atoms with van der Waals surface area (Å²) in [5.74, 6) is 1.59. The van der Waals surface area contributed by atoms with E-state index in [0.29, 0.717) is 6.54 Å². The van der Waals surface area contributed by atoms with Crippen LogP contribution < -0.4 is 10.6 Å². The first-order chi connectivity index (χ1) is 10.8. The van der Waals surface area contributed by atoms with Gasteiger partial charge in [-0.3, -0.25) is 4.99 Å². The van der Waals surface area contributed by atoms with Gasteiger partial charge in [-0.15, -0.1) is 24.0 Å². The number of nitrogens with one attached hydrogen (secondary N) is 2. The minimum absolute atomic E-state index is 0. The van der Waals surface area contributed by atoms with E-state index in [1.54, 1.807) is 0 Å². The van der Waals surface area contributed by atoms with Gasteiger partial charge in [0.1, 0.15) is 0 Å². The van der Waals surface area contributed by atoms with E-state index in [2.05, 4.69) is 20.5 Å². The van der Waals surface area contributed by atoms with Crippen LogP contribution in [-0.4, -0.2) is 43.6 Å². The fourth-order valence-electron chi connectivity index (χ4n) is 3.08. The molecule has 3 rings (SSSR count). The Morgan fingerprint density at radius 2 is 2.04 bits per heavy atom. The van der Waals surface area contributed by atoms with Gasteiger partial charge in [-0.2, -0.15) is 0 Å². The molecule has 2 N–H and O–H groups in total. The number of aliphatic imine (C=N–C) groups is 1. The van der Waals surface area contributed by atoms with Crippen molar-refractivity contribution in [1.29, 1.82) is 0 Å². The Morgan fingerprint density at radius 3 is 2.74 bits per heavy atom. The molecule has 6 heteroatoms. The fourth-order valence-corrected chi connectivity index (χ4v) is 3.29. The van der Waals surface area contributed by atoms with Gasteiger partial charge in [-0.1, -0.05) is 29.8 Å². The summed E-state index contributed by atoms with van der Waals surface area (Å²) in [4.78, 5) is 6.94. The molecule has 1 saturated heterocycles. The van der Waals surface area contributed by atoms with Crippen LogP contribution in [0.1, 0.15) is 24.8 Å². The van der Waals surface area contributed by atoms with Crippen LogP contribution in [0.3, 0.4) is 0 Å². The van der Waals surface area contributed by atoms with Gasteiger partial charge in [0.05, 0.1) is 0 Å². The number of hydrogen-bond donors (Lipinski definition) is 2. The molecule has 23 heavy (non-hydrogen) atoms. The lowest BCUT2D eigenvalue weighted by Gasteiger charge is -2.17. The highest BCUT2D eigenvalue weighted by atomic mass is 127. The lowest BCUT2D eigenvalue weighted by molar-refractivity contribution is 0.314. The summed E-state index contributed by atoms with van der Waals surface area (Å²) in [5, 5.41) is 7.58. The maximum Gasteiger partial charge on any atom is 0.191 e. The van der Waals surface area contributed by atoms with Gasteiger partial charge >= 0.3 is 0 Å². The van der Waals surface area contributed by atoms with Crippen molar-refractivity contribution in [2.45, 2.75) is 31.8 Å². The molecule has 128 valence electrons. The maximum absolute atomic E-state index is 6.18. The predicted octanol–water partition coefficient (Wildman–Crippen LogP) is 3.11. The van der Waals surface area contributed by atoms with E-state index in [4.69, 9.17) is 11.6 Å². The van der Waals surface area contributed by atoms with Crippen molar-refractivity contribution < 1.29 is 0 Å². The van der Waals surface area contributed by atoms with Crippen LogP contribution in [0.4, 0.5) is 0 Å². The smallest absolute Gasteiger partial charge is 0.191 e. The molecule has 2 fully saturated rings. The molecular formula is C17H26ClIN4. The first-order valence-electron chi connectivity index (χ1n) is 8.18. The maximum atomic E-state index is 6.18. The van der Waals surface area contributed by atoms with E-state index >= 15 is 0 Å². The SMILES string of the molecule is CN=C(NCc1ccccc1Cl)NCC1CCN(C2CC2)C1.I. The van der Waals surface area contributed by atoms with Gasteiger partial charge < -0.3 is 15.5 Å². The van der Waals surface area contributed by atoms with E-state index in [0.717, 1.165) is 35.1 Å². The average molecular weight is 449 g/mol. The summed E-state index contributed by atoms with van der Waals surface area (Å²) in [6.45, 7) is 4.19. The third-order valence-electron chi connectivity index (χ3n) is 4.57. The summed E-state index contributed by atoms with van der Waals surface area (Å²) in [6, 6.07) is 8.80. The molecule has 1 unspecified atom stereocenters. The standard InChI is InChI=1S/C17H25ClN4.HI/c1-19-17(21-11-14-4-2-3-5-16(14)18)20-10-13-8-9-22(12-13)15-6-7-15;/h2-5,13,15H,6-12H2,1H3,(H2,19,20,21);1H. The molecule has 1 atom stereocenters. The Hall–Kier alpha value is -0.530. The highest BCUT2D eigenvalue weighted by Crippen LogP contribution is 2.31. The molecule has 4 nitrogen and oxygen atoms in total. The van der Waals surface area contributed by atoms with Gasteiger partial charge in [0, 0.05) is 37.7 Å². The third-order valence-corrected chi connectivity index (χ3v) is 4.94. The van der Waals surface area contributed by atoms with Crippen LogP contribution in [0.15, 0.2) is 29.3 Å². The van der Waals surface area contributed by atoms with Crippen LogP contribution in [0.5, 0.6) is 0 Å². The van der Waals surface area contributed by atoms with Crippen molar-refractivity contribution in [2.75, 3.05) is 26.7 Å². The summed E-state index contributed by atoms with van der Waals surface area (Å²) in [5.41, 5.74) is 1.09. The lowest BCUT2D eigenvalue weighted by atomic mass is 10.1. The number of nitrogens with zero attached hydrogens (tertiary/aromatic N) is 2. The second-order valence-corrected chi connectivity index (χ2v) is 6.69. The van der Waals surface area contributed by atoms with Crippen LogP contribution in [0, 0.1) is 5.92 Å². The first-order valence-corrected chi connectivity index (χ1v) is 8.56. The second-order valence-electron chi connectivity index (χ2n) is 6.28. The van der Waals surface area contributed by atoms with Crippen LogP contribution >= 0.6 is 35.6 Å². The number of hydrogen-bond acceptors (Lipinski definition) is 2. The van der Waals surface area contributed by atoms with Crippen molar-refractivity contribution >= 4 is 41.5 Å². The summed E-state index contributed by atoms with van der Waals surface area (Å²) in [7, 11) is 1.81. The monoisotopic (exact) mass is 448 g/mol. The minimum atomic E-state index is 0. The van der Waals surface area contributed by atoms with Gasteiger partial charge in [-0.25, -0.2) is 0 Å². The molecule has 0 spiro atoms. The average Bonchev–Trinajstić information content (AvgIpc) is 3.28. The Morgan fingerprint density at radius 1 is 1.26 bits per heavy atom. The summed E-state index contributed by atoms with van der Waals surface area (Å²) in [6.07, 6.45) is 4.10. The Labute approximate surface area is 161 Å². The van der Waals surface area contributed by atoms with Gasteiger partial charge in [0.25, 0.3) is 0 Å². The quantitative estimate of drug-likeness (QED) is 0.413. The largest absolute Gasteiger partial charge is 0.356 e. The molecule has 0 bridgehead atoms. The number of benzene rings is 1. The third kappa shape index (κ3) is 5.50. The number of likely N-dealkylation sites (tertiary alicyclic amines) is 1. The molecule has 1 aliphatic carbocycles. The Balaban J connectivity index is 0.00000192.